The highest BCUT2D eigenvalue weighted by Gasteiger charge is 2.36. The summed E-state index contributed by atoms with van der Waals surface area (Å²) in [5.74, 6) is -2.61. The lowest BCUT2D eigenvalue weighted by Gasteiger charge is -2.12. The van der Waals surface area contributed by atoms with Crippen LogP contribution in [0.5, 0.6) is 0 Å². The van der Waals surface area contributed by atoms with Crippen molar-refractivity contribution >= 4 is 24.0 Å². The third-order valence-electron chi connectivity index (χ3n) is 2.32. The molecule has 1 aromatic rings. The number of rotatable bonds is 0. The molecule has 0 aliphatic heterocycles. The van der Waals surface area contributed by atoms with E-state index in [-0.39, 0.29) is 11.3 Å². The van der Waals surface area contributed by atoms with Crippen LogP contribution in [0.25, 0.3) is 0 Å². The minimum atomic E-state index is -2.61. The van der Waals surface area contributed by atoms with E-state index in [1.165, 1.54) is 0 Å². The first kappa shape index (κ1) is 9.46. The molecule has 0 amide bonds. The molecular formula is C9H10F2S2. The smallest absolute Gasteiger partial charge is 0.200 e. The first-order valence-electron chi connectivity index (χ1n) is 4.29. The molecule has 1 heterocycles. The lowest BCUT2D eigenvalue weighted by Crippen LogP contribution is -2.10. The summed E-state index contributed by atoms with van der Waals surface area (Å²) < 4.78 is 27.6. The van der Waals surface area contributed by atoms with E-state index in [0.29, 0.717) is 10.6 Å². The number of fused-ring (bicyclic) bond motifs is 1. The molecule has 0 saturated heterocycles. The van der Waals surface area contributed by atoms with Gasteiger partial charge in [-0.15, -0.1) is 24.0 Å². The summed E-state index contributed by atoms with van der Waals surface area (Å²) in [7, 11) is 0. The van der Waals surface area contributed by atoms with Crippen molar-refractivity contribution in [1.82, 2.24) is 0 Å². The quantitative estimate of drug-likeness (QED) is 0.498. The van der Waals surface area contributed by atoms with Crippen molar-refractivity contribution in [1.29, 1.82) is 0 Å². The van der Waals surface area contributed by atoms with Gasteiger partial charge in [0.1, 0.15) is 0 Å². The van der Waals surface area contributed by atoms with Crippen LogP contribution >= 0.6 is 24.0 Å². The highest BCUT2D eigenvalue weighted by Crippen LogP contribution is 2.43. The average Bonchev–Trinajstić information content (AvgIpc) is 2.36. The van der Waals surface area contributed by atoms with Crippen LogP contribution < -0.4 is 0 Å². The Labute approximate surface area is 85.4 Å². The van der Waals surface area contributed by atoms with Gasteiger partial charge in [-0.25, -0.2) is 8.78 Å². The number of alkyl halides is 2. The van der Waals surface area contributed by atoms with E-state index >= 15 is 0 Å². The van der Waals surface area contributed by atoms with Gasteiger partial charge in [-0.05, 0) is 30.9 Å². The maximum absolute atomic E-state index is 13.4. The summed E-state index contributed by atoms with van der Waals surface area (Å²) in [6.07, 6.45) is 2.26. The summed E-state index contributed by atoms with van der Waals surface area (Å²) in [5.41, 5.74) is 0.803. The van der Waals surface area contributed by atoms with Gasteiger partial charge in [0.25, 0.3) is 5.92 Å². The Hall–Kier alpha value is -0.0900. The summed E-state index contributed by atoms with van der Waals surface area (Å²) in [5, 5.41) is 0. The van der Waals surface area contributed by atoms with E-state index in [0.717, 1.165) is 29.7 Å². The molecule has 0 unspecified atom stereocenters. The fourth-order valence-corrected chi connectivity index (χ4v) is 3.07. The van der Waals surface area contributed by atoms with Crippen LogP contribution in [0.15, 0.2) is 10.3 Å². The number of hydrogen-bond acceptors (Lipinski definition) is 2. The number of thiophene rings is 1. The van der Waals surface area contributed by atoms with Crippen LogP contribution in [0.4, 0.5) is 8.78 Å². The van der Waals surface area contributed by atoms with E-state index in [1.54, 1.807) is 6.07 Å². The molecule has 0 atom stereocenters. The van der Waals surface area contributed by atoms with Crippen molar-refractivity contribution in [3.63, 3.8) is 0 Å². The van der Waals surface area contributed by atoms with Crippen molar-refractivity contribution in [3.8, 4) is 0 Å². The Morgan fingerprint density at radius 2 is 2.15 bits per heavy atom. The largest absolute Gasteiger partial charge is 0.282 e. The molecule has 0 saturated carbocycles. The molecule has 0 N–H and O–H groups in total. The first-order valence-corrected chi connectivity index (χ1v) is 5.56. The number of hydrogen-bond donors (Lipinski definition) is 1. The minimum Gasteiger partial charge on any atom is -0.200 e. The van der Waals surface area contributed by atoms with E-state index < -0.39 is 5.92 Å². The van der Waals surface area contributed by atoms with Gasteiger partial charge in [0.2, 0.25) is 0 Å². The molecule has 1 aromatic heterocycles. The Morgan fingerprint density at radius 3 is 2.92 bits per heavy atom. The standard InChI is InChI=1S/C9H10F2S2/c10-9(11)4-2-1-3-6-5-7(12)13-8(6)9/h5,12H,1-4H2. The van der Waals surface area contributed by atoms with Crippen LogP contribution in [0.1, 0.15) is 29.7 Å². The second-order valence-electron chi connectivity index (χ2n) is 3.35. The molecule has 2 rings (SSSR count). The summed E-state index contributed by atoms with van der Waals surface area (Å²) in [6.45, 7) is 0. The summed E-state index contributed by atoms with van der Waals surface area (Å²) in [6, 6.07) is 1.78. The fourth-order valence-electron chi connectivity index (χ4n) is 1.69. The second kappa shape index (κ2) is 3.24. The van der Waals surface area contributed by atoms with E-state index in [9.17, 15) is 8.78 Å². The highest BCUT2D eigenvalue weighted by atomic mass is 32.2. The Morgan fingerprint density at radius 1 is 1.38 bits per heavy atom. The monoisotopic (exact) mass is 220 g/mol. The van der Waals surface area contributed by atoms with Crippen molar-refractivity contribution in [2.24, 2.45) is 0 Å². The molecule has 0 spiro atoms. The van der Waals surface area contributed by atoms with Crippen molar-refractivity contribution < 1.29 is 8.78 Å². The minimum absolute atomic E-state index is 0.00622. The second-order valence-corrected chi connectivity index (χ2v) is 5.19. The Balaban J connectivity index is 2.47. The number of thiol groups is 1. The average molecular weight is 220 g/mol. The van der Waals surface area contributed by atoms with Gasteiger partial charge < -0.3 is 0 Å². The van der Waals surface area contributed by atoms with Gasteiger partial charge in [0, 0.05) is 6.42 Å². The van der Waals surface area contributed by atoms with Crippen LogP contribution in [-0.2, 0) is 12.3 Å². The number of aryl methyl sites for hydroxylation is 1. The molecular weight excluding hydrogens is 210 g/mol. The summed E-state index contributed by atoms with van der Waals surface area (Å²) in [4.78, 5) is 0.245. The molecule has 4 heteroatoms. The Bertz CT molecular complexity index is 317. The first-order chi connectivity index (χ1) is 6.09. The maximum atomic E-state index is 13.4. The highest BCUT2D eigenvalue weighted by molar-refractivity contribution is 7.82. The fraction of sp³-hybridized carbons (Fsp3) is 0.556. The van der Waals surface area contributed by atoms with E-state index in [4.69, 9.17) is 0 Å². The molecule has 1 aliphatic carbocycles. The lowest BCUT2D eigenvalue weighted by molar-refractivity contribution is -0.00989. The maximum Gasteiger partial charge on any atom is 0.282 e. The van der Waals surface area contributed by atoms with Gasteiger partial charge in [-0.2, -0.15) is 0 Å². The third kappa shape index (κ3) is 1.74. The van der Waals surface area contributed by atoms with Crippen LogP contribution in [-0.4, -0.2) is 0 Å². The van der Waals surface area contributed by atoms with Crippen molar-refractivity contribution in [2.75, 3.05) is 0 Å². The zero-order chi connectivity index (χ0) is 9.47. The molecule has 0 bridgehead atoms. The SMILES string of the molecule is FC1(F)CCCCc2cc(S)sc21. The van der Waals surface area contributed by atoms with Gasteiger partial charge in [-0.1, -0.05) is 0 Å². The van der Waals surface area contributed by atoms with Crippen LogP contribution in [0, 0.1) is 0 Å². The molecule has 0 nitrogen and oxygen atoms in total. The topological polar surface area (TPSA) is 0 Å². The van der Waals surface area contributed by atoms with Crippen LogP contribution in [0.3, 0.4) is 0 Å². The predicted molar refractivity (Wildman–Crippen MR) is 53.0 cm³/mol. The van der Waals surface area contributed by atoms with E-state index in [1.807, 2.05) is 0 Å². The third-order valence-corrected chi connectivity index (χ3v) is 3.81. The van der Waals surface area contributed by atoms with Gasteiger partial charge in [0.15, 0.2) is 0 Å². The van der Waals surface area contributed by atoms with Crippen molar-refractivity contribution in [2.45, 2.75) is 35.8 Å². The van der Waals surface area contributed by atoms with Gasteiger partial charge in [-0.3, -0.25) is 0 Å². The number of halogens is 2. The normalized spacial score (nSPS) is 20.8. The van der Waals surface area contributed by atoms with E-state index in [2.05, 4.69) is 12.6 Å². The molecule has 13 heavy (non-hydrogen) atoms. The molecule has 0 radical (unpaired) electrons. The molecule has 0 fully saturated rings. The molecule has 1 aliphatic rings. The van der Waals surface area contributed by atoms with Crippen LogP contribution in [0.2, 0.25) is 0 Å². The molecule has 0 aromatic carbocycles. The Kier molecular flexibility index (Phi) is 2.36. The predicted octanol–water partition coefficient (Wildman–Crippen LogP) is 3.86. The van der Waals surface area contributed by atoms with Crippen molar-refractivity contribution in [3.05, 3.63) is 16.5 Å². The lowest BCUT2D eigenvalue weighted by atomic mass is 10.1. The zero-order valence-corrected chi connectivity index (χ0v) is 8.73. The summed E-state index contributed by atoms with van der Waals surface area (Å²) >= 11 is 5.23. The molecule has 72 valence electrons. The zero-order valence-electron chi connectivity index (χ0n) is 7.02. The van der Waals surface area contributed by atoms with Gasteiger partial charge >= 0.3 is 0 Å². The van der Waals surface area contributed by atoms with Gasteiger partial charge in [0.05, 0.1) is 9.09 Å².